The zero-order valence-electron chi connectivity index (χ0n) is 19.0. The quantitative estimate of drug-likeness (QED) is 0.329. The number of carbonyl (C=O) groups is 1. The van der Waals surface area contributed by atoms with E-state index in [-0.39, 0.29) is 5.91 Å². The van der Waals surface area contributed by atoms with Crippen LogP contribution in [0.15, 0.2) is 53.6 Å². The van der Waals surface area contributed by atoms with Gasteiger partial charge in [0.15, 0.2) is 0 Å². The number of carbonyl (C=O) groups excluding carboxylic acids is 1. The third-order valence-corrected chi connectivity index (χ3v) is 6.76. The fourth-order valence-corrected chi connectivity index (χ4v) is 5.38. The normalized spacial score (nSPS) is 15.4. The molecule has 4 nitrogen and oxygen atoms in total. The summed E-state index contributed by atoms with van der Waals surface area (Å²) in [5.41, 5.74) is 7.43. The molecule has 0 unspecified atom stereocenters. The summed E-state index contributed by atoms with van der Waals surface area (Å²) < 4.78 is 2.50. The van der Waals surface area contributed by atoms with Crippen molar-refractivity contribution in [3.05, 3.63) is 75.8 Å². The van der Waals surface area contributed by atoms with Gasteiger partial charge < -0.3 is 0 Å². The molecule has 1 amide bonds. The van der Waals surface area contributed by atoms with Crippen molar-refractivity contribution in [3.63, 3.8) is 0 Å². The lowest BCUT2D eigenvalue weighted by molar-refractivity contribution is -0.122. The Morgan fingerprint density at radius 1 is 1.09 bits per heavy atom. The highest BCUT2D eigenvalue weighted by Crippen LogP contribution is 2.37. The van der Waals surface area contributed by atoms with Crippen molar-refractivity contribution >= 4 is 40.3 Å². The minimum Gasteiger partial charge on any atom is -0.293 e. The van der Waals surface area contributed by atoms with Crippen LogP contribution in [0.25, 0.3) is 23.0 Å². The molecule has 3 aromatic rings. The smallest absolute Gasteiger partial charge is 0.266 e. The molecule has 6 heteroatoms. The first kappa shape index (κ1) is 22.5. The van der Waals surface area contributed by atoms with Crippen LogP contribution < -0.4 is 0 Å². The maximum atomic E-state index is 13.1. The Labute approximate surface area is 199 Å². The van der Waals surface area contributed by atoms with Crippen LogP contribution in [0.1, 0.15) is 36.1 Å². The van der Waals surface area contributed by atoms with Crippen LogP contribution in [-0.2, 0) is 4.79 Å². The number of aromatic nitrogens is 2. The summed E-state index contributed by atoms with van der Waals surface area (Å²) in [4.78, 5) is 15.4. The van der Waals surface area contributed by atoms with Crippen LogP contribution in [-0.4, -0.2) is 31.5 Å². The second-order valence-electron chi connectivity index (χ2n) is 8.67. The van der Waals surface area contributed by atoms with Crippen LogP contribution in [0, 0.1) is 26.7 Å². The van der Waals surface area contributed by atoms with Crippen molar-refractivity contribution in [2.75, 3.05) is 6.54 Å². The summed E-state index contributed by atoms with van der Waals surface area (Å²) in [6, 6.07) is 14.4. The Hall–Kier alpha value is -2.70. The van der Waals surface area contributed by atoms with Crippen molar-refractivity contribution in [2.45, 2.75) is 34.6 Å². The number of hydrogen-bond acceptors (Lipinski definition) is 4. The van der Waals surface area contributed by atoms with Gasteiger partial charge in [0.1, 0.15) is 10.0 Å². The van der Waals surface area contributed by atoms with Crippen LogP contribution in [0.3, 0.4) is 0 Å². The summed E-state index contributed by atoms with van der Waals surface area (Å²) in [5, 5.41) is 4.96. The first-order valence-electron chi connectivity index (χ1n) is 10.7. The average Bonchev–Trinajstić information content (AvgIpc) is 3.24. The third kappa shape index (κ3) is 4.43. The lowest BCUT2D eigenvalue weighted by Crippen LogP contribution is -2.31. The summed E-state index contributed by atoms with van der Waals surface area (Å²) in [7, 11) is 0. The topological polar surface area (TPSA) is 38.1 Å². The summed E-state index contributed by atoms with van der Waals surface area (Å²) >= 11 is 6.87. The van der Waals surface area contributed by atoms with Gasteiger partial charge in [-0.05, 0) is 56.0 Å². The monoisotopic (exact) mass is 461 g/mol. The van der Waals surface area contributed by atoms with E-state index in [9.17, 15) is 4.79 Å². The molecule has 0 aliphatic carbocycles. The van der Waals surface area contributed by atoms with E-state index in [2.05, 4.69) is 46.8 Å². The van der Waals surface area contributed by atoms with Gasteiger partial charge in [-0.3, -0.25) is 9.69 Å². The highest BCUT2D eigenvalue weighted by atomic mass is 32.2. The summed E-state index contributed by atoms with van der Waals surface area (Å²) in [6.45, 7) is 11.1. The molecule has 0 atom stereocenters. The molecular formula is C26H27N3OS2. The van der Waals surface area contributed by atoms with Gasteiger partial charge in [-0.1, -0.05) is 73.7 Å². The molecule has 1 saturated heterocycles. The average molecular weight is 462 g/mol. The maximum Gasteiger partial charge on any atom is 0.266 e. The lowest BCUT2D eigenvalue weighted by Gasteiger charge is -2.16. The van der Waals surface area contributed by atoms with Gasteiger partial charge in [-0.2, -0.15) is 5.10 Å². The van der Waals surface area contributed by atoms with Crippen molar-refractivity contribution < 1.29 is 4.79 Å². The number of thioether (sulfide) groups is 1. The Balaban J connectivity index is 1.85. The van der Waals surface area contributed by atoms with E-state index in [1.165, 1.54) is 28.5 Å². The molecule has 32 heavy (non-hydrogen) atoms. The third-order valence-electron chi connectivity index (χ3n) is 5.39. The summed E-state index contributed by atoms with van der Waals surface area (Å²) in [6.07, 6.45) is 3.94. The van der Waals surface area contributed by atoms with Gasteiger partial charge in [0, 0.05) is 23.9 Å². The molecule has 0 radical (unpaired) electrons. The van der Waals surface area contributed by atoms with Crippen molar-refractivity contribution in [2.24, 2.45) is 5.92 Å². The largest absolute Gasteiger partial charge is 0.293 e. The highest BCUT2D eigenvalue weighted by molar-refractivity contribution is 8.26. The van der Waals surface area contributed by atoms with E-state index in [0.29, 0.717) is 21.7 Å². The highest BCUT2D eigenvalue weighted by Gasteiger charge is 2.32. The molecule has 1 aliphatic rings. The SMILES string of the molecule is Cc1cc(C)c(-c2nn(-c3ccccc3)cc2/C=C2/SC(=S)N(CC(C)C)C2=O)c(C)c1. The minimum absolute atomic E-state index is 0.0236. The number of amides is 1. The number of hydrogen-bond donors (Lipinski definition) is 0. The first-order valence-corrected chi connectivity index (χ1v) is 12.0. The van der Waals surface area contributed by atoms with Crippen LogP contribution in [0.5, 0.6) is 0 Å². The number of para-hydroxylation sites is 1. The second kappa shape index (κ2) is 9.04. The molecule has 0 spiro atoms. The van der Waals surface area contributed by atoms with E-state index in [0.717, 1.165) is 22.5 Å². The molecule has 0 bridgehead atoms. The van der Waals surface area contributed by atoms with Crippen LogP contribution in [0.4, 0.5) is 0 Å². The molecule has 1 aliphatic heterocycles. The number of nitrogens with zero attached hydrogens (tertiary/aromatic N) is 3. The van der Waals surface area contributed by atoms with Gasteiger partial charge in [-0.25, -0.2) is 4.68 Å². The molecule has 1 fully saturated rings. The number of benzene rings is 2. The fraction of sp³-hybridized carbons (Fsp3) is 0.269. The Kier molecular flexibility index (Phi) is 6.35. The lowest BCUT2D eigenvalue weighted by atomic mass is 9.95. The molecule has 1 aromatic heterocycles. The standard InChI is InChI=1S/C26H27N3OS2/c1-16(2)14-28-25(30)22(32-26(28)31)13-20-15-29(21-9-7-6-8-10-21)27-24(20)23-18(4)11-17(3)12-19(23)5/h6-13,15-16H,14H2,1-5H3/b22-13+. The molecule has 0 saturated carbocycles. The minimum atomic E-state index is -0.0236. The van der Waals surface area contributed by atoms with Crippen molar-refractivity contribution in [1.29, 1.82) is 0 Å². The number of rotatable bonds is 5. The molecule has 164 valence electrons. The Morgan fingerprint density at radius 2 is 1.75 bits per heavy atom. The first-order chi connectivity index (χ1) is 15.2. The second-order valence-corrected chi connectivity index (χ2v) is 10.3. The van der Waals surface area contributed by atoms with Crippen molar-refractivity contribution in [1.82, 2.24) is 14.7 Å². The molecule has 2 heterocycles. The predicted molar refractivity (Wildman–Crippen MR) is 138 cm³/mol. The zero-order chi connectivity index (χ0) is 23.0. The van der Waals surface area contributed by atoms with Gasteiger partial charge >= 0.3 is 0 Å². The molecular weight excluding hydrogens is 434 g/mol. The molecule has 2 aromatic carbocycles. The van der Waals surface area contributed by atoms with Crippen LogP contribution >= 0.6 is 24.0 Å². The maximum absolute atomic E-state index is 13.1. The fourth-order valence-electron chi connectivity index (χ4n) is 4.12. The Bertz CT molecular complexity index is 1200. The number of aryl methyl sites for hydroxylation is 3. The van der Waals surface area contributed by atoms with Gasteiger partial charge in [0.05, 0.1) is 10.6 Å². The summed E-state index contributed by atoms with van der Waals surface area (Å²) in [5.74, 6) is 0.329. The van der Waals surface area contributed by atoms with Crippen molar-refractivity contribution in [3.8, 4) is 16.9 Å². The van der Waals surface area contributed by atoms with E-state index < -0.39 is 0 Å². The predicted octanol–water partition coefficient (Wildman–Crippen LogP) is 6.32. The zero-order valence-corrected chi connectivity index (χ0v) is 20.7. The van der Waals surface area contributed by atoms with E-state index >= 15 is 0 Å². The Morgan fingerprint density at radius 3 is 2.38 bits per heavy atom. The van der Waals surface area contributed by atoms with E-state index in [4.69, 9.17) is 17.3 Å². The van der Waals surface area contributed by atoms with E-state index in [1.54, 1.807) is 4.90 Å². The van der Waals surface area contributed by atoms with E-state index in [1.807, 2.05) is 47.3 Å². The number of thiocarbonyl (C=S) groups is 1. The van der Waals surface area contributed by atoms with Gasteiger partial charge in [0.2, 0.25) is 0 Å². The van der Waals surface area contributed by atoms with Crippen LogP contribution in [0.2, 0.25) is 0 Å². The molecule has 0 N–H and O–H groups in total. The van der Waals surface area contributed by atoms with Gasteiger partial charge in [0.25, 0.3) is 5.91 Å². The molecule has 4 rings (SSSR count). The van der Waals surface area contributed by atoms with Gasteiger partial charge in [-0.15, -0.1) is 0 Å².